The van der Waals surface area contributed by atoms with Gasteiger partial charge in [-0.25, -0.2) is 9.37 Å². The minimum atomic E-state index is -0.408. The van der Waals surface area contributed by atoms with Crippen LogP contribution in [-0.2, 0) is 0 Å². The lowest BCUT2D eigenvalue weighted by molar-refractivity contribution is 0.0932. The molecule has 1 aromatic heterocycles. The highest BCUT2D eigenvalue weighted by molar-refractivity contribution is 7.99. The molecule has 0 unspecified atom stereocenters. The molecule has 1 saturated carbocycles. The van der Waals surface area contributed by atoms with E-state index in [4.69, 9.17) is 5.26 Å². The molecule has 1 amide bonds. The standard InChI is InChI=1S/C22H15FN4OS2/c23-15-5-7-16(8-6-15)29-18-4-2-1-3-17(18)19-10-25-21(30-19)20(28)26-22-9-14(22)11-27(12-22)13-24/h1-8,10-11H,9,12H2,(H,26,28)/t22-/m0/s1. The van der Waals surface area contributed by atoms with Crippen molar-refractivity contribution in [2.24, 2.45) is 0 Å². The third-order valence-electron chi connectivity index (χ3n) is 5.11. The summed E-state index contributed by atoms with van der Waals surface area (Å²) in [5, 5.41) is 12.5. The van der Waals surface area contributed by atoms with Crippen LogP contribution in [-0.4, -0.2) is 27.9 Å². The molecular formula is C22H15FN4OS2. The van der Waals surface area contributed by atoms with E-state index < -0.39 is 5.54 Å². The van der Waals surface area contributed by atoms with Crippen molar-refractivity contribution in [3.05, 3.63) is 77.3 Å². The van der Waals surface area contributed by atoms with E-state index in [-0.39, 0.29) is 11.7 Å². The first-order chi connectivity index (χ1) is 14.6. The van der Waals surface area contributed by atoms with Gasteiger partial charge in [0.05, 0.1) is 17.0 Å². The SMILES string of the molecule is N#CN1C=C2C[C@]2(NC(=O)c2ncc(-c3ccccc3Sc3ccc(F)cc3)s2)C1. The summed E-state index contributed by atoms with van der Waals surface area (Å²) >= 11 is 2.87. The fraction of sp³-hybridized carbons (Fsp3) is 0.136. The second kappa shape index (κ2) is 7.27. The third-order valence-corrected chi connectivity index (χ3v) is 7.22. The molecule has 2 heterocycles. The Morgan fingerprint density at radius 3 is 2.83 bits per heavy atom. The van der Waals surface area contributed by atoms with Gasteiger partial charge in [-0.15, -0.1) is 11.3 Å². The number of fused-ring (bicyclic) bond motifs is 1. The van der Waals surface area contributed by atoms with Crippen molar-refractivity contribution in [3.63, 3.8) is 0 Å². The van der Waals surface area contributed by atoms with Gasteiger partial charge in [-0.2, -0.15) is 5.26 Å². The molecule has 1 atom stereocenters. The van der Waals surface area contributed by atoms with Crippen molar-refractivity contribution < 1.29 is 9.18 Å². The number of halogens is 1. The van der Waals surface area contributed by atoms with E-state index in [2.05, 4.69) is 16.5 Å². The van der Waals surface area contributed by atoms with Crippen molar-refractivity contribution in [3.8, 4) is 16.6 Å². The van der Waals surface area contributed by atoms with Crippen molar-refractivity contribution in [2.45, 2.75) is 21.8 Å². The molecule has 0 saturated heterocycles. The topological polar surface area (TPSA) is 69.0 Å². The van der Waals surface area contributed by atoms with Crippen LogP contribution in [0.3, 0.4) is 0 Å². The molecule has 0 spiro atoms. The van der Waals surface area contributed by atoms with Gasteiger partial charge in [-0.1, -0.05) is 30.0 Å². The molecule has 1 aliphatic carbocycles. The van der Waals surface area contributed by atoms with Gasteiger partial charge >= 0.3 is 0 Å². The van der Waals surface area contributed by atoms with Gasteiger partial charge in [0, 0.05) is 34.2 Å². The number of carbonyl (C=O) groups excluding carboxylic acids is 1. The van der Waals surface area contributed by atoms with E-state index in [1.807, 2.05) is 24.3 Å². The molecule has 0 radical (unpaired) electrons. The predicted molar refractivity (Wildman–Crippen MR) is 113 cm³/mol. The number of benzene rings is 2. The molecule has 1 N–H and O–H groups in total. The highest BCUT2D eigenvalue weighted by Gasteiger charge is 2.55. The lowest BCUT2D eigenvalue weighted by Gasteiger charge is -2.15. The Morgan fingerprint density at radius 1 is 1.27 bits per heavy atom. The van der Waals surface area contributed by atoms with Gasteiger partial charge < -0.3 is 5.32 Å². The number of nitrogens with zero attached hydrogens (tertiary/aromatic N) is 3. The van der Waals surface area contributed by atoms with Gasteiger partial charge in [-0.3, -0.25) is 9.69 Å². The number of aromatic nitrogens is 1. The van der Waals surface area contributed by atoms with Crippen LogP contribution in [0.25, 0.3) is 10.4 Å². The van der Waals surface area contributed by atoms with Crippen molar-refractivity contribution >= 4 is 29.0 Å². The first-order valence-electron chi connectivity index (χ1n) is 9.25. The number of carbonyl (C=O) groups is 1. The third kappa shape index (κ3) is 3.47. The van der Waals surface area contributed by atoms with Gasteiger partial charge in [0.2, 0.25) is 0 Å². The van der Waals surface area contributed by atoms with Crippen LogP contribution in [0.1, 0.15) is 16.2 Å². The quantitative estimate of drug-likeness (QED) is 0.592. The van der Waals surface area contributed by atoms with E-state index in [0.29, 0.717) is 11.6 Å². The normalized spacial score (nSPS) is 19.1. The fourth-order valence-electron chi connectivity index (χ4n) is 3.52. The highest BCUT2D eigenvalue weighted by atomic mass is 32.2. The maximum atomic E-state index is 13.2. The van der Waals surface area contributed by atoms with Crippen molar-refractivity contribution in [1.82, 2.24) is 15.2 Å². The first kappa shape index (κ1) is 18.9. The molecule has 1 fully saturated rings. The van der Waals surface area contributed by atoms with Crippen LogP contribution in [0, 0.1) is 17.3 Å². The van der Waals surface area contributed by atoms with Gasteiger partial charge in [0.15, 0.2) is 11.2 Å². The van der Waals surface area contributed by atoms with Gasteiger partial charge in [0.1, 0.15) is 5.82 Å². The molecule has 0 bridgehead atoms. The highest BCUT2D eigenvalue weighted by Crippen LogP contribution is 2.48. The minimum Gasteiger partial charge on any atom is -0.339 e. The summed E-state index contributed by atoms with van der Waals surface area (Å²) in [6.45, 7) is 0.486. The molecule has 2 aliphatic rings. The zero-order chi connectivity index (χ0) is 20.7. The summed E-state index contributed by atoms with van der Waals surface area (Å²) in [4.78, 5) is 21.4. The maximum Gasteiger partial charge on any atom is 0.281 e. The Labute approximate surface area is 180 Å². The lowest BCUT2D eigenvalue weighted by Crippen LogP contribution is -2.41. The zero-order valence-electron chi connectivity index (χ0n) is 15.6. The van der Waals surface area contributed by atoms with E-state index >= 15 is 0 Å². The van der Waals surface area contributed by atoms with Crippen molar-refractivity contribution in [2.75, 3.05) is 6.54 Å². The van der Waals surface area contributed by atoms with E-state index in [9.17, 15) is 9.18 Å². The Bertz CT molecular complexity index is 1210. The van der Waals surface area contributed by atoms with Gasteiger partial charge in [0.25, 0.3) is 5.91 Å². The van der Waals surface area contributed by atoms with E-state index in [0.717, 1.165) is 32.2 Å². The van der Waals surface area contributed by atoms with E-state index in [1.54, 1.807) is 24.5 Å². The number of hydrogen-bond acceptors (Lipinski definition) is 6. The summed E-state index contributed by atoms with van der Waals surface area (Å²) in [7, 11) is 0. The summed E-state index contributed by atoms with van der Waals surface area (Å²) in [5.41, 5.74) is 1.65. The molecule has 1 aliphatic heterocycles. The summed E-state index contributed by atoms with van der Waals surface area (Å²) < 4.78 is 13.2. The Morgan fingerprint density at radius 2 is 2.07 bits per heavy atom. The molecule has 8 heteroatoms. The van der Waals surface area contributed by atoms with Crippen molar-refractivity contribution in [1.29, 1.82) is 5.26 Å². The summed E-state index contributed by atoms with van der Waals surface area (Å²) in [6.07, 6.45) is 6.38. The van der Waals surface area contributed by atoms with Crippen LogP contribution in [0.4, 0.5) is 4.39 Å². The molecule has 5 nitrogen and oxygen atoms in total. The van der Waals surface area contributed by atoms with Crippen LogP contribution >= 0.6 is 23.1 Å². The molecule has 3 aromatic rings. The summed E-state index contributed by atoms with van der Waals surface area (Å²) in [6, 6.07) is 14.3. The number of nitriles is 1. The van der Waals surface area contributed by atoms with Gasteiger partial charge in [-0.05, 0) is 35.9 Å². The Balaban J connectivity index is 1.35. The second-order valence-electron chi connectivity index (χ2n) is 7.18. The number of nitrogens with one attached hydrogen (secondary N) is 1. The summed E-state index contributed by atoms with van der Waals surface area (Å²) in [5.74, 6) is -0.489. The monoisotopic (exact) mass is 434 g/mol. The molecule has 2 aromatic carbocycles. The van der Waals surface area contributed by atoms with Crippen LogP contribution in [0.5, 0.6) is 0 Å². The first-order valence-corrected chi connectivity index (χ1v) is 10.9. The van der Waals surface area contributed by atoms with Crippen LogP contribution < -0.4 is 5.32 Å². The number of hydrogen-bond donors (Lipinski definition) is 1. The molecular weight excluding hydrogens is 419 g/mol. The largest absolute Gasteiger partial charge is 0.339 e. The number of rotatable bonds is 5. The fourth-order valence-corrected chi connectivity index (χ4v) is 5.40. The number of thiazole rings is 1. The van der Waals surface area contributed by atoms with Crippen LogP contribution in [0.2, 0.25) is 0 Å². The molecule has 30 heavy (non-hydrogen) atoms. The minimum absolute atomic E-state index is 0.224. The van der Waals surface area contributed by atoms with E-state index in [1.165, 1.54) is 40.1 Å². The second-order valence-corrected chi connectivity index (χ2v) is 9.32. The zero-order valence-corrected chi connectivity index (χ0v) is 17.3. The number of amides is 1. The lowest BCUT2D eigenvalue weighted by atomic mass is 10.2. The smallest absolute Gasteiger partial charge is 0.281 e. The average Bonchev–Trinajstić information content (AvgIpc) is 3.10. The van der Waals surface area contributed by atoms with Crippen LogP contribution in [0.15, 0.2) is 76.3 Å². The molecule has 148 valence electrons. The predicted octanol–water partition coefficient (Wildman–Crippen LogP) is 4.65. The molecule has 5 rings (SSSR count). The maximum absolute atomic E-state index is 13.2. The average molecular weight is 435 g/mol. The Hall–Kier alpha value is -3.15. The Kier molecular flexibility index (Phi) is 4.57.